The molecule has 1 saturated heterocycles. The van der Waals surface area contributed by atoms with Gasteiger partial charge in [-0.05, 0) is 49.4 Å². The molecule has 2 bridgehead atoms. The van der Waals surface area contributed by atoms with Crippen LogP contribution in [0.2, 0.25) is 0 Å². The van der Waals surface area contributed by atoms with Crippen LogP contribution in [0, 0.1) is 23.7 Å². The van der Waals surface area contributed by atoms with Crippen LogP contribution in [-0.4, -0.2) is 29.6 Å². The molecule has 0 spiro atoms. The fourth-order valence-corrected chi connectivity index (χ4v) is 4.93. The molecule has 4 fully saturated rings. The molecule has 1 heterocycles. The van der Waals surface area contributed by atoms with E-state index in [2.05, 4.69) is 17.1 Å². The minimum Gasteiger partial charge on any atom is -0.322 e. The normalized spacial score (nSPS) is 53.6. The Kier molecular flexibility index (Phi) is 1.78. The number of carbonyl (C=O) groups excluding carboxylic acids is 1. The topological polar surface area (TPSA) is 32.3 Å². The number of rotatable bonds is 2. The van der Waals surface area contributed by atoms with Gasteiger partial charge in [0.15, 0.2) is 0 Å². The van der Waals surface area contributed by atoms with Gasteiger partial charge in [-0.3, -0.25) is 10.1 Å². The van der Waals surface area contributed by atoms with Gasteiger partial charge >= 0.3 is 0 Å². The van der Waals surface area contributed by atoms with E-state index in [4.69, 9.17) is 0 Å². The van der Waals surface area contributed by atoms with E-state index in [1.165, 1.54) is 19.3 Å². The molecule has 3 aliphatic carbocycles. The summed E-state index contributed by atoms with van der Waals surface area (Å²) in [5, 5.41) is 3.34. The van der Waals surface area contributed by atoms with Crippen molar-refractivity contribution in [1.82, 2.24) is 10.2 Å². The fraction of sp³-hybridized carbons (Fsp3) is 0.923. The Morgan fingerprint density at radius 1 is 1.31 bits per heavy atom. The van der Waals surface area contributed by atoms with Gasteiger partial charge in [-0.1, -0.05) is 6.92 Å². The van der Waals surface area contributed by atoms with Crippen molar-refractivity contribution in [2.45, 2.75) is 44.8 Å². The second-order valence-corrected chi connectivity index (χ2v) is 6.08. The lowest BCUT2D eigenvalue weighted by Crippen LogP contribution is -2.40. The van der Waals surface area contributed by atoms with Gasteiger partial charge in [-0.25, -0.2) is 0 Å². The van der Waals surface area contributed by atoms with Gasteiger partial charge in [-0.15, -0.1) is 0 Å². The highest BCUT2D eigenvalue weighted by atomic mass is 16.2. The third kappa shape index (κ3) is 1.01. The van der Waals surface area contributed by atoms with Crippen molar-refractivity contribution in [1.29, 1.82) is 0 Å². The molecule has 5 atom stereocenters. The summed E-state index contributed by atoms with van der Waals surface area (Å²) in [5.41, 5.74) is 0. The van der Waals surface area contributed by atoms with Crippen LogP contribution in [0.15, 0.2) is 0 Å². The van der Waals surface area contributed by atoms with E-state index in [0.29, 0.717) is 24.7 Å². The van der Waals surface area contributed by atoms with Crippen molar-refractivity contribution >= 4 is 5.91 Å². The van der Waals surface area contributed by atoms with Gasteiger partial charge < -0.3 is 4.90 Å². The average molecular weight is 220 g/mol. The van der Waals surface area contributed by atoms with Crippen molar-refractivity contribution in [3.05, 3.63) is 0 Å². The summed E-state index contributed by atoms with van der Waals surface area (Å²) in [6, 6.07) is 0.624. The molecule has 4 aliphatic rings. The van der Waals surface area contributed by atoms with Crippen molar-refractivity contribution in [2.75, 3.05) is 6.54 Å². The van der Waals surface area contributed by atoms with Crippen molar-refractivity contribution < 1.29 is 4.79 Å². The van der Waals surface area contributed by atoms with Crippen molar-refractivity contribution in [2.24, 2.45) is 23.7 Å². The number of hydrogen-bond donors (Lipinski definition) is 1. The maximum Gasteiger partial charge on any atom is 0.238 e. The molecular formula is C13H20N2O. The lowest BCUT2D eigenvalue weighted by atomic mass is 10.0. The van der Waals surface area contributed by atoms with Crippen LogP contribution in [0.3, 0.4) is 0 Å². The first-order chi connectivity index (χ1) is 7.81. The van der Waals surface area contributed by atoms with E-state index in [-0.39, 0.29) is 0 Å². The molecule has 1 N–H and O–H groups in total. The second-order valence-electron chi connectivity index (χ2n) is 6.08. The Bertz CT molecular complexity index is 327. The molecule has 0 aromatic heterocycles. The summed E-state index contributed by atoms with van der Waals surface area (Å²) in [7, 11) is 0. The molecular weight excluding hydrogens is 200 g/mol. The van der Waals surface area contributed by atoms with Crippen LogP contribution < -0.4 is 5.32 Å². The van der Waals surface area contributed by atoms with E-state index >= 15 is 0 Å². The SMILES string of the molecule is CCC1NCC(=O)N1C1C2C3CCC(C3)C21. The Morgan fingerprint density at radius 3 is 2.62 bits per heavy atom. The highest BCUT2D eigenvalue weighted by Gasteiger charge is 2.68. The zero-order valence-corrected chi connectivity index (χ0v) is 9.86. The molecule has 0 aromatic carbocycles. The van der Waals surface area contributed by atoms with Gasteiger partial charge in [0.25, 0.3) is 0 Å². The smallest absolute Gasteiger partial charge is 0.238 e. The molecule has 1 amide bonds. The van der Waals surface area contributed by atoms with Crippen LogP contribution in [0.5, 0.6) is 0 Å². The fourth-order valence-electron chi connectivity index (χ4n) is 4.93. The molecule has 88 valence electrons. The first-order valence-electron chi connectivity index (χ1n) is 6.85. The predicted octanol–water partition coefficient (Wildman–Crippen LogP) is 1.20. The Balaban J connectivity index is 1.57. The minimum atomic E-state index is 0.336. The lowest BCUT2D eigenvalue weighted by Gasteiger charge is -2.26. The highest BCUT2D eigenvalue weighted by Crippen LogP contribution is 2.67. The van der Waals surface area contributed by atoms with E-state index in [9.17, 15) is 4.79 Å². The number of hydrogen-bond acceptors (Lipinski definition) is 2. The van der Waals surface area contributed by atoms with Crippen LogP contribution in [0.1, 0.15) is 32.6 Å². The van der Waals surface area contributed by atoms with Crippen LogP contribution in [0.4, 0.5) is 0 Å². The van der Waals surface area contributed by atoms with Gasteiger partial charge in [-0.2, -0.15) is 0 Å². The lowest BCUT2D eigenvalue weighted by molar-refractivity contribution is -0.129. The standard InChI is InChI=1S/C13H20N2O/c1-2-9-14-6-10(16)15(9)13-11-7-3-4-8(5-7)12(11)13/h7-9,11-14H,2-6H2,1H3. The summed E-state index contributed by atoms with van der Waals surface area (Å²) in [6.45, 7) is 2.75. The molecule has 16 heavy (non-hydrogen) atoms. The van der Waals surface area contributed by atoms with Crippen LogP contribution >= 0.6 is 0 Å². The van der Waals surface area contributed by atoms with E-state index < -0.39 is 0 Å². The predicted molar refractivity (Wildman–Crippen MR) is 60.5 cm³/mol. The van der Waals surface area contributed by atoms with Gasteiger partial charge in [0.1, 0.15) is 0 Å². The Labute approximate surface area is 96.6 Å². The zero-order valence-electron chi connectivity index (χ0n) is 9.86. The molecule has 4 rings (SSSR count). The zero-order chi connectivity index (χ0) is 10.9. The van der Waals surface area contributed by atoms with E-state index in [1.807, 2.05) is 0 Å². The average Bonchev–Trinajstić information content (AvgIpc) is 2.69. The highest BCUT2D eigenvalue weighted by molar-refractivity contribution is 5.81. The monoisotopic (exact) mass is 220 g/mol. The van der Waals surface area contributed by atoms with Crippen LogP contribution in [-0.2, 0) is 4.79 Å². The van der Waals surface area contributed by atoms with Crippen molar-refractivity contribution in [3.63, 3.8) is 0 Å². The Hall–Kier alpha value is -0.570. The minimum absolute atomic E-state index is 0.336. The summed E-state index contributed by atoms with van der Waals surface area (Å²) >= 11 is 0. The Morgan fingerprint density at radius 2 is 2.00 bits per heavy atom. The number of fused-ring (bicyclic) bond motifs is 5. The molecule has 1 aliphatic heterocycles. The number of nitrogens with zero attached hydrogens (tertiary/aromatic N) is 1. The summed E-state index contributed by atoms with van der Waals surface area (Å²) in [5.74, 6) is 4.05. The quantitative estimate of drug-likeness (QED) is 0.758. The maximum atomic E-state index is 12.0. The largest absolute Gasteiger partial charge is 0.322 e. The maximum absolute atomic E-state index is 12.0. The summed E-state index contributed by atoms with van der Waals surface area (Å²) in [6.07, 6.45) is 5.74. The molecule has 5 unspecified atom stereocenters. The summed E-state index contributed by atoms with van der Waals surface area (Å²) in [4.78, 5) is 14.2. The molecule has 3 nitrogen and oxygen atoms in total. The number of carbonyl (C=O) groups is 1. The number of amides is 1. The third-order valence-corrected chi connectivity index (χ3v) is 5.52. The van der Waals surface area contributed by atoms with Gasteiger partial charge in [0.05, 0.1) is 12.7 Å². The molecule has 0 aromatic rings. The molecule has 3 heteroatoms. The summed E-state index contributed by atoms with van der Waals surface area (Å²) < 4.78 is 0. The first kappa shape index (κ1) is 9.46. The van der Waals surface area contributed by atoms with E-state index in [1.54, 1.807) is 0 Å². The van der Waals surface area contributed by atoms with Gasteiger partial charge in [0.2, 0.25) is 5.91 Å². The van der Waals surface area contributed by atoms with Crippen LogP contribution in [0.25, 0.3) is 0 Å². The third-order valence-electron chi connectivity index (χ3n) is 5.52. The molecule has 0 radical (unpaired) electrons. The van der Waals surface area contributed by atoms with E-state index in [0.717, 1.165) is 30.1 Å². The number of nitrogens with one attached hydrogen (secondary N) is 1. The van der Waals surface area contributed by atoms with Crippen molar-refractivity contribution in [3.8, 4) is 0 Å². The van der Waals surface area contributed by atoms with Gasteiger partial charge in [0, 0.05) is 6.04 Å². The first-order valence-corrected chi connectivity index (χ1v) is 6.85. The second kappa shape index (κ2) is 3.00. The molecule has 3 saturated carbocycles.